The quantitative estimate of drug-likeness (QED) is 0.701. The number of hydrogen-bond acceptors (Lipinski definition) is 3. The van der Waals surface area contributed by atoms with Crippen molar-refractivity contribution in [1.82, 2.24) is 10.3 Å². The van der Waals surface area contributed by atoms with E-state index in [1.54, 1.807) is 24.0 Å². The van der Waals surface area contributed by atoms with Crippen LogP contribution in [0.1, 0.15) is 17.4 Å². The van der Waals surface area contributed by atoms with E-state index in [0.29, 0.717) is 23.2 Å². The maximum atomic E-state index is 11.5. The number of nitrogen functional groups attached to an aromatic ring is 1. The van der Waals surface area contributed by atoms with Crippen LogP contribution in [0.25, 0.3) is 0 Å². The molecule has 5 heteroatoms. The lowest BCUT2D eigenvalue weighted by molar-refractivity contribution is 0.0950. The van der Waals surface area contributed by atoms with E-state index in [1.807, 2.05) is 6.26 Å². The van der Waals surface area contributed by atoms with Crippen LogP contribution in [0.3, 0.4) is 0 Å². The summed E-state index contributed by atoms with van der Waals surface area (Å²) >= 11 is 1.72. The summed E-state index contributed by atoms with van der Waals surface area (Å²) in [6.07, 6.45) is 3.62. The van der Waals surface area contributed by atoms with E-state index in [1.165, 1.54) is 0 Å². The second kappa shape index (κ2) is 4.95. The van der Waals surface area contributed by atoms with Gasteiger partial charge in [-0.3, -0.25) is 4.79 Å². The summed E-state index contributed by atoms with van der Waals surface area (Å²) in [7, 11) is 0. The number of anilines is 1. The molecule has 0 bridgehead atoms. The van der Waals surface area contributed by atoms with Crippen LogP contribution >= 0.6 is 11.8 Å². The van der Waals surface area contributed by atoms with E-state index in [2.05, 4.69) is 17.2 Å². The first kappa shape index (κ1) is 11.0. The molecular formula is C9H15N3OS. The molecule has 4 N–H and O–H groups in total. The zero-order valence-electron chi connectivity index (χ0n) is 8.33. The number of rotatable bonds is 4. The van der Waals surface area contributed by atoms with Gasteiger partial charge in [0.2, 0.25) is 0 Å². The molecule has 0 fully saturated rings. The van der Waals surface area contributed by atoms with Crippen molar-refractivity contribution in [2.45, 2.75) is 12.2 Å². The number of H-pyrrole nitrogens is 1. The first-order chi connectivity index (χ1) is 6.63. The molecular weight excluding hydrogens is 198 g/mol. The fraction of sp³-hybridized carbons (Fsp3) is 0.444. The van der Waals surface area contributed by atoms with E-state index in [4.69, 9.17) is 5.73 Å². The molecule has 1 amide bonds. The minimum atomic E-state index is -0.109. The number of carbonyl (C=O) groups is 1. The fourth-order valence-corrected chi connectivity index (χ4v) is 1.21. The van der Waals surface area contributed by atoms with E-state index >= 15 is 0 Å². The predicted molar refractivity (Wildman–Crippen MR) is 60.5 cm³/mol. The maximum absolute atomic E-state index is 11.5. The number of nitrogens with two attached hydrogens (primary N) is 1. The van der Waals surface area contributed by atoms with Crippen LogP contribution in [0.2, 0.25) is 0 Å². The Kier molecular flexibility index (Phi) is 3.88. The molecule has 0 spiro atoms. The monoisotopic (exact) mass is 213 g/mol. The summed E-state index contributed by atoms with van der Waals surface area (Å²) in [6, 6.07) is 1.62. The van der Waals surface area contributed by atoms with Gasteiger partial charge in [0, 0.05) is 23.7 Å². The zero-order chi connectivity index (χ0) is 10.6. The molecule has 1 atom stereocenters. The number of hydrogen-bond donors (Lipinski definition) is 3. The maximum Gasteiger partial charge on any atom is 0.267 e. The van der Waals surface area contributed by atoms with Gasteiger partial charge >= 0.3 is 0 Å². The molecule has 0 aromatic carbocycles. The molecule has 0 radical (unpaired) electrons. The van der Waals surface area contributed by atoms with Gasteiger partial charge in [-0.25, -0.2) is 0 Å². The van der Waals surface area contributed by atoms with Gasteiger partial charge in [-0.2, -0.15) is 11.8 Å². The lowest BCUT2D eigenvalue weighted by Gasteiger charge is -2.08. The Morgan fingerprint density at radius 2 is 2.50 bits per heavy atom. The second-order valence-corrected chi connectivity index (χ2v) is 4.38. The normalized spacial score (nSPS) is 12.4. The summed E-state index contributed by atoms with van der Waals surface area (Å²) < 4.78 is 0. The zero-order valence-corrected chi connectivity index (χ0v) is 9.15. The Bertz CT molecular complexity index is 311. The third kappa shape index (κ3) is 2.99. The number of amides is 1. The SMILES string of the molecule is CSC(C)CNC(=O)c1cc(N)c[nH]1. The van der Waals surface area contributed by atoms with Crippen molar-refractivity contribution in [1.29, 1.82) is 0 Å². The Morgan fingerprint density at radius 1 is 1.79 bits per heavy atom. The van der Waals surface area contributed by atoms with Crippen molar-refractivity contribution in [2.75, 3.05) is 18.5 Å². The van der Waals surface area contributed by atoms with Gasteiger partial charge in [0.05, 0.1) is 0 Å². The molecule has 0 saturated heterocycles. The minimum absolute atomic E-state index is 0.109. The highest BCUT2D eigenvalue weighted by molar-refractivity contribution is 7.99. The highest BCUT2D eigenvalue weighted by atomic mass is 32.2. The summed E-state index contributed by atoms with van der Waals surface area (Å²) in [4.78, 5) is 14.3. The standard InChI is InChI=1S/C9H15N3OS/c1-6(14-2)4-12-9(13)8-3-7(10)5-11-8/h3,5-6,11H,4,10H2,1-2H3,(H,12,13). The lowest BCUT2D eigenvalue weighted by Crippen LogP contribution is -2.29. The average molecular weight is 213 g/mol. The highest BCUT2D eigenvalue weighted by Crippen LogP contribution is 2.06. The van der Waals surface area contributed by atoms with E-state index < -0.39 is 0 Å². The molecule has 1 heterocycles. The van der Waals surface area contributed by atoms with Gasteiger partial charge in [0.1, 0.15) is 5.69 Å². The predicted octanol–water partition coefficient (Wildman–Crippen LogP) is 1.08. The van der Waals surface area contributed by atoms with Crippen molar-refractivity contribution in [2.24, 2.45) is 0 Å². The Morgan fingerprint density at radius 3 is 3.00 bits per heavy atom. The Hall–Kier alpha value is -1.10. The highest BCUT2D eigenvalue weighted by Gasteiger charge is 2.08. The molecule has 14 heavy (non-hydrogen) atoms. The number of nitrogens with one attached hydrogen (secondary N) is 2. The number of aromatic nitrogens is 1. The van der Waals surface area contributed by atoms with Gasteiger partial charge in [-0.15, -0.1) is 0 Å². The summed E-state index contributed by atoms with van der Waals surface area (Å²) in [6.45, 7) is 2.73. The second-order valence-electron chi connectivity index (χ2n) is 3.10. The molecule has 0 saturated carbocycles. The van der Waals surface area contributed by atoms with Crippen LogP contribution in [-0.4, -0.2) is 28.9 Å². The fourth-order valence-electron chi connectivity index (χ4n) is 0.957. The van der Waals surface area contributed by atoms with E-state index in [0.717, 1.165) is 0 Å². The molecule has 0 aliphatic rings. The molecule has 0 aliphatic heterocycles. The molecule has 78 valence electrons. The van der Waals surface area contributed by atoms with Crippen molar-refractivity contribution in [3.05, 3.63) is 18.0 Å². The summed E-state index contributed by atoms with van der Waals surface area (Å²) in [5.74, 6) is -0.109. The number of carbonyl (C=O) groups excluding carboxylic acids is 1. The third-order valence-electron chi connectivity index (χ3n) is 1.90. The summed E-state index contributed by atoms with van der Waals surface area (Å²) in [5.41, 5.74) is 6.57. The first-order valence-corrected chi connectivity index (χ1v) is 5.67. The van der Waals surface area contributed by atoms with Gasteiger partial charge in [0.25, 0.3) is 5.91 Å². The summed E-state index contributed by atoms with van der Waals surface area (Å²) in [5, 5.41) is 3.24. The van der Waals surface area contributed by atoms with Crippen LogP contribution in [0.5, 0.6) is 0 Å². The molecule has 1 aromatic rings. The van der Waals surface area contributed by atoms with Crippen LogP contribution in [0, 0.1) is 0 Å². The molecule has 0 aliphatic carbocycles. The van der Waals surface area contributed by atoms with Crippen LogP contribution in [-0.2, 0) is 0 Å². The van der Waals surface area contributed by atoms with Crippen molar-refractivity contribution in [3.63, 3.8) is 0 Å². The van der Waals surface area contributed by atoms with Crippen molar-refractivity contribution in [3.8, 4) is 0 Å². The third-order valence-corrected chi connectivity index (χ3v) is 2.87. The Labute approximate surface area is 87.6 Å². The molecule has 1 unspecified atom stereocenters. The topological polar surface area (TPSA) is 70.9 Å². The van der Waals surface area contributed by atoms with Gasteiger partial charge in [-0.1, -0.05) is 6.92 Å². The van der Waals surface area contributed by atoms with Crippen LogP contribution < -0.4 is 11.1 Å². The molecule has 1 rings (SSSR count). The van der Waals surface area contributed by atoms with E-state index in [9.17, 15) is 4.79 Å². The minimum Gasteiger partial charge on any atom is -0.397 e. The average Bonchev–Trinajstić information content (AvgIpc) is 2.60. The molecule has 1 aromatic heterocycles. The van der Waals surface area contributed by atoms with Gasteiger partial charge in [0.15, 0.2) is 0 Å². The lowest BCUT2D eigenvalue weighted by atomic mass is 10.3. The van der Waals surface area contributed by atoms with Crippen LogP contribution in [0.4, 0.5) is 5.69 Å². The van der Waals surface area contributed by atoms with Crippen molar-refractivity contribution < 1.29 is 4.79 Å². The van der Waals surface area contributed by atoms with Crippen LogP contribution in [0.15, 0.2) is 12.3 Å². The largest absolute Gasteiger partial charge is 0.397 e. The number of thioether (sulfide) groups is 1. The smallest absolute Gasteiger partial charge is 0.267 e. The van der Waals surface area contributed by atoms with Crippen molar-refractivity contribution >= 4 is 23.4 Å². The number of aromatic amines is 1. The van der Waals surface area contributed by atoms with Gasteiger partial charge < -0.3 is 16.0 Å². The van der Waals surface area contributed by atoms with E-state index in [-0.39, 0.29) is 5.91 Å². The Balaban J connectivity index is 2.43. The van der Waals surface area contributed by atoms with Gasteiger partial charge in [-0.05, 0) is 12.3 Å². The first-order valence-electron chi connectivity index (χ1n) is 4.38. The molecule has 4 nitrogen and oxygen atoms in total.